The first-order valence-corrected chi connectivity index (χ1v) is 4.00. The molecule has 0 saturated carbocycles. The number of aromatic nitrogens is 2. The molecule has 0 unspecified atom stereocenters. The van der Waals surface area contributed by atoms with Crippen molar-refractivity contribution in [2.24, 2.45) is 0 Å². The van der Waals surface area contributed by atoms with Crippen molar-refractivity contribution in [1.82, 2.24) is 15.3 Å². The van der Waals surface area contributed by atoms with E-state index in [1.54, 1.807) is 6.92 Å². The first-order chi connectivity index (χ1) is 6.75. The minimum Gasteiger partial charge on any atom is -0.382 e. The van der Waals surface area contributed by atoms with Gasteiger partial charge in [-0.05, 0) is 6.92 Å². The van der Waals surface area contributed by atoms with Gasteiger partial charge in [-0.2, -0.15) is 0 Å². The van der Waals surface area contributed by atoms with Crippen molar-refractivity contribution in [2.75, 3.05) is 12.3 Å². The van der Waals surface area contributed by atoms with E-state index in [9.17, 15) is 4.79 Å². The molecule has 1 heterocycles. The van der Waals surface area contributed by atoms with E-state index in [-0.39, 0.29) is 24.0 Å². The number of hydrogen-bond donors (Lipinski definition) is 2. The van der Waals surface area contributed by atoms with Gasteiger partial charge in [-0.1, -0.05) is 5.92 Å². The molecule has 0 aliphatic carbocycles. The average molecular weight is 190 g/mol. The van der Waals surface area contributed by atoms with Gasteiger partial charge in [0.2, 0.25) is 0 Å². The molecule has 0 bridgehead atoms. The predicted molar refractivity (Wildman–Crippen MR) is 52.2 cm³/mol. The lowest BCUT2D eigenvalue weighted by atomic mass is 10.4. The van der Waals surface area contributed by atoms with E-state index in [1.165, 1.54) is 12.4 Å². The highest BCUT2D eigenvalue weighted by molar-refractivity contribution is 5.96. The minimum absolute atomic E-state index is 0.120. The molecule has 1 amide bonds. The molecule has 3 N–H and O–H groups in total. The quantitative estimate of drug-likeness (QED) is 0.633. The number of rotatable bonds is 2. The van der Waals surface area contributed by atoms with Crippen LogP contribution in [0.25, 0.3) is 0 Å². The van der Waals surface area contributed by atoms with Crippen molar-refractivity contribution in [3.05, 3.63) is 18.1 Å². The van der Waals surface area contributed by atoms with Crippen molar-refractivity contribution in [2.45, 2.75) is 6.92 Å². The average Bonchev–Trinajstić information content (AvgIpc) is 2.18. The lowest BCUT2D eigenvalue weighted by Gasteiger charge is -2.01. The van der Waals surface area contributed by atoms with Crippen molar-refractivity contribution in [3.8, 4) is 11.8 Å². The third kappa shape index (κ3) is 2.45. The summed E-state index contributed by atoms with van der Waals surface area (Å²) in [7, 11) is 0. The summed E-state index contributed by atoms with van der Waals surface area (Å²) in [6.07, 6.45) is 2.84. The lowest BCUT2D eigenvalue weighted by Crippen LogP contribution is -2.25. The molecule has 0 aliphatic heterocycles. The number of anilines is 1. The summed E-state index contributed by atoms with van der Waals surface area (Å²) in [6.45, 7) is 1.98. The maximum absolute atomic E-state index is 11.4. The van der Waals surface area contributed by atoms with E-state index in [1.807, 2.05) is 0 Å². The Kier molecular flexibility index (Phi) is 3.44. The first-order valence-electron chi connectivity index (χ1n) is 4.00. The van der Waals surface area contributed by atoms with E-state index in [0.717, 1.165) is 0 Å². The van der Waals surface area contributed by atoms with Gasteiger partial charge in [-0.3, -0.25) is 4.79 Å². The smallest absolute Gasteiger partial charge is 0.274 e. The van der Waals surface area contributed by atoms with Crippen LogP contribution in [-0.2, 0) is 0 Å². The van der Waals surface area contributed by atoms with Gasteiger partial charge >= 0.3 is 0 Å². The van der Waals surface area contributed by atoms with Crippen LogP contribution in [0, 0.1) is 11.8 Å². The normalized spacial score (nSPS) is 8.64. The number of nitrogens with two attached hydrogens (primary N) is 1. The number of nitrogens with zero attached hydrogens (tertiary/aromatic N) is 2. The molecule has 0 fully saturated rings. The van der Waals surface area contributed by atoms with Crippen LogP contribution in [0.1, 0.15) is 17.4 Å². The lowest BCUT2D eigenvalue weighted by molar-refractivity contribution is 0.0954. The van der Waals surface area contributed by atoms with Crippen LogP contribution >= 0.6 is 0 Å². The molecular formula is C9H10N4O. The number of carbonyl (C=O) groups excluding carboxylic acids is 1. The van der Waals surface area contributed by atoms with Gasteiger partial charge in [-0.25, -0.2) is 9.97 Å². The number of hydrogen-bond acceptors (Lipinski definition) is 4. The van der Waals surface area contributed by atoms with Gasteiger partial charge < -0.3 is 11.1 Å². The number of carbonyl (C=O) groups is 1. The third-order valence-corrected chi connectivity index (χ3v) is 1.46. The van der Waals surface area contributed by atoms with Gasteiger partial charge in [0.15, 0.2) is 11.5 Å². The molecule has 5 heteroatoms. The van der Waals surface area contributed by atoms with Crippen molar-refractivity contribution >= 4 is 11.7 Å². The van der Waals surface area contributed by atoms with E-state index < -0.39 is 0 Å². The van der Waals surface area contributed by atoms with Gasteiger partial charge in [0.25, 0.3) is 5.91 Å². The molecule has 0 aliphatic rings. The monoisotopic (exact) mass is 190 g/mol. The van der Waals surface area contributed by atoms with E-state index in [4.69, 9.17) is 5.73 Å². The summed E-state index contributed by atoms with van der Waals surface area (Å²) < 4.78 is 0. The Balaban J connectivity index is 2.68. The highest BCUT2D eigenvalue weighted by Crippen LogP contribution is 2.01. The Bertz CT molecular complexity index is 391. The van der Waals surface area contributed by atoms with Crippen molar-refractivity contribution in [3.63, 3.8) is 0 Å². The Morgan fingerprint density at radius 3 is 2.93 bits per heavy atom. The highest BCUT2D eigenvalue weighted by Gasteiger charge is 2.09. The standard InChI is InChI=1S/C9H10N4O/c1-2-3-4-13-9(14)7-8(10)12-6-5-11-7/h5-6H,4H2,1H3,(H2,10,12)(H,13,14). The van der Waals surface area contributed by atoms with Crippen LogP contribution in [0.2, 0.25) is 0 Å². The second kappa shape index (κ2) is 4.82. The second-order valence-electron chi connectivity index (χ2n) is 2.40. The third-order valence-electron chi connectivity index (χ3n) is 1.46. The Labute approximate surface area is 81.7 Å². The number of nitrogen functional groups attached to an aromatic ring is 1. The SMILES string of the molecule is CC#CCNC(=O)c1nccnc1N. The molecule has 0 aromatic carbocycles. The maximum atomic E-state index is 11.4. The summed E-state index contributed by atoms with van der Waals surface area (Å²) >= 11 is 0. The summed E-state index contributed by atoms with van der Waals surface area (Å²) in [5.74, 6) is 5.11. The fraction of sp³-hybridized carbons (Fsp3) is 0.222. The van der Waals surface area contributed by atoms with Gasteiger partial charge in [-0.15, -0.1) is 5.92 Å². The van der Waals surface area contributed by atoms with Crippen LogP contribution < -0.4 is 11.1 Å². The van der Waals surface area contributed by atoms with Crippen molar-refractivity contribution < 1.29 is 4.79 Å². The van der Waals surface area contributed by atoms with E-state index >= 15 is 0 Å². The fourth-order valence-corrected chi connectivity index (χ4v) is 0.820. The van der Waals surface area contributed by atoms with Crippen LogP contribution in [0.5, 0.6) is 0 Å². The summed E-state index contributed by atoms with van der Waals surface area (Å²) in [5, 5.41) is 2.55. The van der Waals surface area contributed by atoms with Gasteiger partial charge in [0.05, 0.1) is 6.54 Å². The molecule has 0 radical (unpaired) electrons. The molecule has 1 rings (SSSR count). The largest absolute Gasteiger partial charge is 0.382 e. The molecule has 72 valence electrons. The molecule has 5 nitrogen and oxygen atoms in total. The molecule has 0 atom stereocenters. The molecule has 0 saturated heterocycles. The fourth-order valence-electron chi connectivity index (χ4n) is 0.820. The predicted octanol–water partition coefficient (Wildman–Crippen LogP) is -0.188. The zero-order chi connectivity index (χ0) is 10.4. The Morgan fingerprint density at radius 2 is 2.29 bits per heavy atom. The Hall–Kier alpha value is -2.09. The van der Waals surface area contributed by atoms with Gasteiger partial charge in [0, 0.05) is 12.4 Å². The molecule has 0 spiro atoms. The molecule has 1 aromatic heterocycles. The zero-order valence-corrected chi connectivity index (χ0v) is 7.74. The molecule has 1 aromatic rings. The number of nitrogens with one attached hydrogen (secondary N) is 1. The van der Waals surface area contributed by atoms with Crippen LogP contribution in [0.15, 0.2) is 12.4 Å². The summed E-state index contributed by atoms with van der Waals surface area (Å²) in [6, 6.07) is 0. The minimum atomic E-state index is -0.363. The summed E-state index contributed by atoms with van der Waals surface area (Å²) in [4.78, 5) is 18.9. The molecular weight excluding hydrogens is 180 g/mol. The van der Waals surface area contributed by atoms with E-state index in [2.05, 4.69) is 27.1 Å². The van der Waals surface area contributed by atoms with Crippen LogP contribution in [0.3, 0.4) is 0 Å². The second-order valence-corrected chi connectivity index (χ2v) is 2.40. The van der Waals surface area contributed by atoms with Crippen LogP contribution in [0.4, 0.5) is 5.82 Å². The first kappa shape index (κ1) is 9.99. The topological polar surface area (TPSA) is 80.9 Å². The summed E-state index contributed by atoms with van der Waals surface area (Å²) in [5.41, 5.74) is 5.59. The number of amides is 1. The highest BCUT2D eigenvalue weighted by atomic mass is 16.1. The molecule has 14 heavy (non-hydrogen) atoms. The Morgan fingerprint density at radius 1 is 1.57 bits per heavy atom. The zero-order valence-electron chi connectivity index (χ0n) is 7.74. The van der Waals surface area contributed by atoms with Gasteiger partial charge in [0.1, 0.15) is 0 Å². The maximum Gasteiger partial charge on any atom is 0.274 e. The van der Waals surface area contributed by atoms with Crippen molar-refractivity contribution in [1.29, 1.82) is 0 Å². The van der Waals surface area contributed by atoms with Crippen LogP contribution in [-0.4, -0.2) is 22.4 Å². The van der Waals surface area contributed by atoms with E-state index in [0.29, 0.717) is 0 Å².